The van der Waals surface area contributed by atoms with E-state index in [1.807, 2.05) is 49.4 Å². The molecule has 2 aromatic rings. The normalized spacial score (nSPS) is 9.92. The molecule has 0 aliphatic carbocycles. The minimum atomic E-state index is -0.142. The van der Waals surface area contributed by atoms with Gasteiger partial charge < -0.3 is 9.64 Å². The number of ether oxygens (including phenoxy) is 1. The maximum atomic E-state index is 13.0. The summed E-state index contributed by atoms with van der Waals surface area (Å²) in [5, 5.41) is 8.91. The summed E-state index contributed by atoms with van der Waals surface area (Å²) in [4.78, 5) is 14.7. The van der Waals surface area contributed by atoms with Crippen LogP contribution in [0.3, 0.4) is 0 Å². The van der Waals surface area contributed by atoms with E-state index in [1.165, 1.54) is 0 Å². The van der Waals surface area contributed by atoms with Gasteiger partial charge in [0.2, 0.25) is 0 Å². The molecule has 0 saturated heterocycles. The summed E-state index contributed by atoms with van der Waals surface area (Å²) < 4.78 is 5.71. The summed E-state index contributed by atoms with van der Waals surface area (Å²) in [7, 11) is 0. The van der Waals surface area contributed by atoms with Gasteiger partial charge in [-0.2, -0.15) is 5.26 Å². The molecule has 0 atom stereocenters. The molecule has 0 heterocycles. The lowest BCUT2D eigenvalue weighted by molar-refractivity contribution is 0.0743. The summed E-state index contributed by atoms with van der Waals surface area (Å²) in [6.45, 7) is 6.88. The van der Waals surface area contributed by atoms with Gasteiger partial charge in [0, 0.05) is 13.1 Å². The zero-order valence-electron chi connectivity index (χ0n) is 14.4. The minimum absolute atomic E-state index is 0.142. The van der Waals surface area contributed by atoms with E-state index in [1.54, 1.807) is 17.0 Å². The van der Waals surface area contributed by atoms with E-state index < -0.39 is 0 Å². The fourth-order valence-electron chi connectivity index (χ4n) is 2.38. The Hall–Kier alpha value is -3.06. The number of nitriles is 1. The van der Waals surface area contributed by atoms with Crippen LogP contribution in [0.1, 0.15) is 29.3 Å². The maximum absolute atomic E-state index is 13.0. The number of amides is 1. The van der Waals surface area contributed by atoms with Crippen molar-refractivity contribution < 1.29 is 9.53 Å². The molecule has 0 spiro atoms. The molecule has 25 heavy (non-hydrogen) atoms. The molecule has 2 aromatic carbocycles. The number of para-hydroxylation sites is 1. The molecule has 0 fully saturated rings. The van der Waals surface area contributed by atoms with Gasteiger partial charge in [-0.15, -0.1) is 0 Å². The summed E-state index contributed by atoms with van der Waals surface area (Å²) >= 11 is 0. The van der Waals surface area contributed by atoms with Crippen molar-refractivity contribution in [1.29, 1.82) is 5.26 Å². The summed E-state index contributed by atoms with van der Waals surface area (Å²) in [6.07, 6.45) is 0.285. The number of carbonyl (C=O) groups is 1. The minimum Gasteiger partial charge on any atom is -0.488 e. The van der Waals surface area contributed by atoms with Crippen LogP contribution in [-0.4, -0.2) is 24.0 Å². The van der Waals surface area contributed by atoms with Gasteiger partial charge in [-0.05, 0) is 30.2 Å². The van der Waals surface area contributed by atoms with Gasteiger partial charge in [0.25, 0.3) is 5.91 Å². The quantitative estimate of drug-likeness (QED) is 0.680. The highest BCUT2D eigenvalue weighted by atomic mass is 16.5. The zero-order valence-corrected chi connectivity index (χ0v) is 14.4. The van der Waals surface area contributed by atoms with Crippen LogP contribution in [0.4, 0.5) is 0 Å². The van der Waals surface area contributed by atoms with Crippen molar-refractivity contribution in [2.45, 2.75) is 19.9 Å². The van der Waals surface area contributed by atoms with Crippen LogP contribution < -0.4 is 4.74 Å². The molecular weight excluding hydrogens is 312 g/mol. The van der Waals surface area contributed by atoms with Gasteiger partial charge in [-0.25, -0.2) is 0 Å². The fraction of sp³-hybridized carbons (Fsp3) is 0.238. The van der Waals surface area contributed by atoms with Crippen LogP contribution >= 0.6 is 0 Å². The van der Waals surface area contributed by atoms with Crippen LogP contribution in [0.2, 0.25) is 0 Å². The van der Waals surface area contributed by atoms with Crippen LogP contribution in [0.5, 0.6) is 5.75 Å². The van der Waals surface area contributed by atoms with Crippen molar-refractivity contribution in [1.82, 2.24) is 4.90 Å². The largest absolute Gasteiger partial charge is 0.488 e. The lowest BCUT2D eigenvalue weighted by Gasteiger charge is -2.23. The van der Waals surface area contributed by atoms with Crippen molar-refractivity contribution in [3.05, 3.63) is 77.9 Å². The lowest BCUT2D eigenvalue weighted by Crippen LogP contribution is -2.31. The van der Waals surface area contributed by atoms with Crippen LogP contribution in [0, 0.1) is 11.3 Å². The Morgan fingerprint density at radius 3 is 2.52 bits per heavy atom. The fourth-order valence-corrected chi connectivity index (χ4v) is 2.38. The standard InChI is InChI=1S/C21H22N2O2/c1-17(2)16-25-20-12-7-6-11-19(20)21(24)23(14-8-13-22)15-18-9-4-3-5-10-18/h3-7,9-12H,1,8,14-16H2,2H3. The third kappa shape index (κ3) is 5.50. The van der Waals surface area contributed by atoms with Crippen LogP contribution in [-0.2, 0) is 6.54 Å². The Bertz CT molecular complexity index is 763. The third-order valence-electron chi connectivity index (χ3n) is 3.59. The van der Waals surface area contributed by atoms with Gasteiger partial charge in [-0.3, -0.25) is 4.79 Å². The van der Waals surface area contributed by atoms with Crippen molar-refractivity contribution in [2.24, 2.45) is 0 Å². The number of hydrogen-bond donors (Lipinski definition) is 0. The monoisotopic (exact) mass is 334 g/mol. The number of nitrogens with zero attached hydrogens (tertiary/aromatic N) is 2. The lowest BCUT2D eigenvalue weighted by atomic mass is 10.1. The summed E-state index contributed by atoms with van der Waals surface area (Å²) in [5.74, 6) is 0.391. The predicted octanol–water partition coefficient (Wildman–Crippen LogP) is 4.20. The Morgan fingerprint density at radius 1 is 1.16 bits per heavy atom. The molecule has 4 nitrogen and oxygen atoms in total. The van der Waals surface area contributed by atoms with E-state index in [2.05, 4.69) is 12.6 Å². The highest BCUT2D eigenvalue weighted by molar-refractivity contribution is 5.97. The second kappa shape index (κ2) is 9.29. The smallest absolute Gasteiger partial charge is 0.257 e. The highest BCUT2D eigenvalue weighted by Crippen LogP contribution is 2.21. The zero-order chi connectivity index (χ0) is 18.1. The predicted molar refractivity (Wildman–Crippen MR) is 98.2 cm³/mol. The van der Waals surface area contributed by atoms with E-state index in [-0.39, 0.29) is 12.3 Å². The Kier molecular flexibility index (Phi) is 6.79. The van der Waals surface area contributed by atoms with E-state index >= 15 is 0 Å². The number of rotatable bonds is 8. The molecule has 0 aliphatic heterocycles. The second-order valence-corrected chi connectivity index (χ2v) is 5.86. The van der Waals surface area contributed by atoms with E-state index in [0.717, 1.165) is 11.1 Å². The Morgan fingerprint density at radius 2 is 1.84 bits per heavy atom. The molecule has 2 rings (SSSR count). The van der Waals surface area contributed by atoms with E-state index in [9.17, 15) is 4.79 Å². The molecular formula is C21H22N2O2. The number of carbonyl (C=O) groups excluding carboxylic acids is 1. The average molecular weight is 334 g/mol. The third-order valence-corrected chi connectivity index (χ3v) is 3.59. The van der Waals surface area contributed by atoms with Crippen LogP contribution in [0.15, 0.2) is 66.7 Å². The molecule has 0 aromatic heterocycles. The van der Waals surface area contributed by atoms with Gasteiger partial charge in [0.1, 0.15) is 12.4 Å². The number of benzene rings is 2. The Labute approximate surface area is 149 Å². The SMILES string of the molecule is C=C(C)COc1ccccc1C(=O)N(CCC#N)Cc1ccccc1. The molecule has 1 amide bonds. The van der Waals surface area contributed by atoms with Gasteiger partial charge >= 0.3 is 0 Å². The Balaban J connectivity index is 2.23. The molecule has 0 unspecified atom stereocenters. The first-order valence-corrected chi connectivity index (χ1v) is 8.18. The van der Waals surface area contributed by atoms with Gasteiger partial charge in [0.15, 0.2) is 0 Å². The molecule has 128 valence electrons. The highest BCUT2D eigenvalue weighted by Gasteiger charge is 2.19. The van der Waals surface area contributed by atoms with Crippen molar-refractivity contribution in [2.75, 3.05) is 13.2 Å². The van der Waals surface area contributed by atoms with Crippen molar-refractivity contribution in [3.63, 3.8) is 0 Å². The first kappa shape index (κ1) is 18.3. The molecule has 4 heteroatoms. The first-order chi connectivity index (χ1) is 12.1. The van der Waals surface area contributed by atoms with Crippen molar-refractivity contribution >= 4 is 5.91 Å². The summed E-state index contributed by atoms with van der Waals surface area (Å²) in [6, 6.07) is 19.0. The van der Waals surface area contributed by atoms with E-state index in [4.69, 9.17) is 10.00 Å². The van der Waals surface area contributed by atoms with Crippen molar-refractivity contribution in [3.8, 4) is 11.8 Å². The van der Waals surface area contributed by atoms with Gasteiger partial charge in [-0.1, -0.05) is 49.0 Å². The number of hydrogen-bond acceptors (Lipinski definition) is 3. The molecule has 0 saturated carbocycles. The average Bonchev–Trinajstić information content (AvgIpc) is 2.64. The maximum Gasteiger partial charge on any atom is 0.257 e. The molecule has 0 aliphatic rings. The first-order valence-electron chi connectivity index (χ1n) is 8.18. The van der Waals surface area contributed by atoms with E-state index in [0.29, 0.717) is 31.0 Å². The molecule has 0 N–H and O–H groups in total. The molecule has 0 bridgehead atoms. The van der Waals surface area contributed by atoms with Gasteiger partial charge in [0.05, 0.1) is 18.1 Å². The topological polar surface area (TPSA) is 53.3 Å². The second-order valence-electron chi connectivity index (χ2n) is 5.86. The summed E-state index contributed by atoms with van der Waals surface area (Å²) in [5.41, 5.74) is 2.40. The molecule has 0 radical (unpaired) electrons. The van der Waals surface area contributed by atoms with Crippen LogP contribution in [0.25, 0.3) is 0 Å².